The van der Waals surface area contributed by atoms with Crippen LogP contribution in [0.4, 0.5) is 4.79 Å². The van der Waals surface area contributed by atoms with E-state index in [1.165, 1.54) is 5.56 Å². The topological polar surface area (TPSA) is 61.4 Å². The van der Waals surface area contributed by atoms with E-state index in [1.807, 2.05) is 18.2 Å². The van der Waals surface area contributed by atoms with Gasteiger partial charge in [0.05, 0.1) is 0 Å². The van der Waals surface area contributed by atoms with Gasteiger partial charge in [0.2, 0.25) is 0 Å². The molecule has 2 aliphatic heterocycles. The summed E-state index contributed by atoms with van der Waals surface area (Å²) in [5.41, 5.74) is 0.519. The predicted octanol–water partition coefficient (Wildman–Crippen LogP) is 0.470. The minimum Gasteiger partial charge on any atom is -0.322 e. The number of rotatable bonds is 2. The summed E-state index contributed by atoms with van der Waals surface area (Å²) in [7, 11) is 0. The lowest BCUT2D eigenvalue weighted by Crippen LogP contribution is -2.48. The van der Waals surface area contributed by atoms with Crippen molar-refractivity contribution in [2.24, 2.45) is 0 Å². The van der Waals surface area contributed by atoms with Gasteiger partial charge in [-0.25, -0.2) is 4.79 Å². The van der Waals surface area contributed by atoms with E-state index in [1.54, 1.807) is 0 Å². The normalized spacial score (nSPS) is 27.6. The van der Waals surface area contributed by atoms with E-state index < -0.39 is 5.54 Å². The first kappa shape index (κ1) is 11.2. The summed E-state index contributed by atoms with van der Waals surface area (Å²) in [5, 5.41) is 5.07. The molecule has 1 atom stereocenters. The van der Waals surface area contributed by atoms with Crippen LogP contribution in [0, 0.1) is 0 Å². The first-order valence-electron chi connectivity index (χ1n) is 6.08. The minimum atomic E-state index is -0.703. The van der Waals surface area contributed by atoms with Gasteiger partial charge in [0, 0.05) is 19.6 Å². The second kappa shape index (κ2) is 4.10. The molecule has 2 heterocycles. The number of nitrogens with one attached hydrogen (secondary N) is 2. The molecule has 18 heavy (non-hydrogen) atoms. The van der Waals surface area contributed by atoms with Crippen LogP contribution < -0.4 is 10.6 Å². The van der Waals surface area contributed by atoms with Crippen LogP contribution in [0.15, 0.2) is 30.3 Å². The molecule has 5 heteroatoms. The van der Waals surface area contributed by atoms with Crippen molar-refractivity contribution in [3.05, 3.63) is 35.9 Å². The molecule has 2 N–H and O–H groups in total. The van der Waals surface area contributed by atoms with Crippen molar-refractivity contribution in [1.29, 1.82) is 0 Å². The maximum Gasteiger partial charge on any atom is 0.322 e. The highest BCUT2D eigenvalue weighted by Crippen LogP contribution is 2.25. The molecule has 2 fully saturated rings. The molecule has 1 aromatic rings. The molecule has 0 radical (unpaired) electrons. The minimum absolute atomic E-state index is 0.192. The molecule has 3 amide bonds. The van der Waals surface area contributed by atoms with Crippen LogP contribution in [0.2, 0.25) is 0 Å². The number of hydrogen-bond donors (Lipinski definition) is 2. The van der Waals surface area contributed by atoms with Crippen molar-refractivity contribution < 1.29 is 9.59 Å². The first-order valence-corrected chi connectivity index (χ1v) is 6.08. The Hall–Kier alpha value is -1.88. The Morgan fingerprint density at radius 1 is 1.22 bits per heavy atom. The first-order chi connectivity index (χ1) is 8.68. The quantitative estimate of drug-likeness (QED) is 0.745. The third-order valence-corrected chi connectivity index (χ3v) is 3.61. The Morgan fingerprint density at radius 3 is 2.67 bits per heavy atom. The van der Waals surface area contributed by atoms with E-state index >= 15 is 0 Å². The number of likely N-dealkylation sites (tertiary alicyclic amines) is 1. The van der Waals surface area contributed by atoms with Gasteiger partial charge in [-0.2, -0.15) is 0 Å². The molecule has 1 spiro atoms. The van der Waals surface area contributed by atoms with E-state index in [4.69, 9.17) is 0 Å². The molecule has 94 valence electrons. The largest absolute Gasteiger partial charge is 0.322 e. The maximum atomic E-state index is 11.8. The number of benzene rings is 1. The highest BCUT2D eigenvalue weighted by atomic mass is 16.2. The highest BCUT2D eigenvalue weighted by molar-refractivity contribution is 6.07. The second-order valence-corrected chi connectivity index (χ2v) is 4.94. The van der Waals surface area contributed by atoms with Gasteiger partial charge in [-0.05, 0) is 12.0 Å². The molecule has 0 saturated carbocycles. The lowest BCUT2D eigenvalue weighted by Gasteiger charge is -2.21. The third-order valence-electron chi connectivity index (χ3n) is 3.61. The van der Waals surface area contributed by atoms with Gasteiger partial charge in [0.1, 0.15) is 5.54 Å². The van der Waals surface area contributed by atoms with Crippen LogP contribution >= 0.6 is 0 Å². The number of urea groups is 1. The van der Waals surface area contributed by atoms with E-state index in [0.29, 0.717) is 13.0 Å². The third kappa shape index (κ3) is 1.86. The van der Waals surface area contributed by atoms with Crippen LogP contribution in [0.25, 0.3) is 0 Å². The summed E-state index contributed by atoms with van der Waals surface area (Å²) >= 11 is 0. The molecule has 1 aromatic carbocycles. The fourth-order valence-corrected chi connectivity index (χ4v) is 2.68. The van der Waals surface area contributed by atoms with E-state index in [2.05, 4.69) is 27.7 Å². The number of amides is 3. The predicted molar refractivity (Wildman–Crippen MR) is 65.7 cm³/mol. The average Bonchev–Trinajstić information content (AvgIpc) is 2.86. The highest BCUT2D eigenvalue weighted by Gasteiger charge is 2.50. The summed E-state index contributed by atoms with van der Waals surface area (Å²) in [4.78, 5) is 25.2. The maximum absolute atomic E-state index is 11.8. The van der Waals surface area contributed by atoms with Gasteiger partial charge in [-0.3, -0.25) is 15.0 Å². The number of carbonyl (C=O) groups excluding carboxylic acids is 2. The van der Waals surface area contributed by atoms with Crippen LogP contribution in [0.5, 0.6) is 0 Å². The number of nitrogens with zero attached hydrogens (tertiary/aromatic N) is 1. The summed E-state index contributed by atoms with van der Waals surface area (Å²) in [6.45, 7) is 2.22. The Balaban J connectivity index is 1.69. The van der Waals surface area contributed by atoms with Crippen molar-refractivity contribution in [3.63, 3.8) is 0 Å². The van der Waals surface area contributed by atoms with Gasteiger partial charge < -0.3 is 5.32 Å². The van der Waals surface area contributed by atoms with Gasteiger partial charge in [0.25, 0.3) is 5.91 Å². The number of hydrogen-bond acceptors (Lipinski definition) is 3. The smallest absolute Gasteiger partial charge is 0.322 e. The van der Waals surface area contributed by atoms with Crippen molar-refractivity contribution >= 4 is 11.9 Å². The fourth-order valence-electron chi connectivity index (χ4n) is 2.68. The zero-order valence-corrected chi connectivity index (χ0v) is 9.98. The van der Waals surface area contributed by atoms with Crippen molar-refractivity contribution in [1.82, 2.24) is 15.5 Å². The molecular formula is C13H15N3O2. The molecule has 5 nitrogen and oxygen atoms in total. The summed E-state index contributed by atoms with van der Waals surface area (Å²) in [6.07, 6.45) is 0.678. The molecule has 2 aliphatic rings. The van der Waals surface area contributed by atoms with Gasteiger partial charge in [0.15, 0.2) is 0 Å². The molecule has 0 aromatic heterocycles. The van der Waals surface area contributed by atoms with Crippen LogP contribution in [-0.4, -0.2) is 35.5 Å². The van der Waals surface area contributed by atoms with Crippen molar-refractivity contribution in [3.8, 4) is 0 Å². The monoisotopic (exact) mass is 245 g/mol. The van der Waals surface area contributed by atoms with Gasteiger partial charge >= 0.3 is 6.03 Å². The molecule has 0 unspecified atom stereocenters. The van der Waals surface area contributed by atoms with Crippen LogP contribution in [0.3, 0.4) is 0 Å². The molecule has 0 aliphatic carbocycles. The summed E-state index contributed by atoms with van der Waals surface area (Å²) in [6, 6.07) is 9.76. The Labute approximate surface area is 105 Å². The van der Waals surface area contributed by atoms with Gasteiger partial charge in [-0.15, -0.1) is 0 Å². The summed E-state index contributed by atoms with van der Waals surface area (Å²) < 4.78 is 0. The molecule has 3 rings (SSSR count). The average molecular weight is 245 g/mol. The number of carbonyl (C=O) groups is 2. The van der Waals surface area contributed by atoms with E-state index in [0.717, 1.165) is 13.1 Å². The lowest BCUT2D eigenvalue weighted by atomic mass is 9.99. The SMILES string of the molecule is O=C1NC(=O)[C@]2(CCN(Cc3ccccc3)C2)N1. The zero-order valence-electron chi connectivity index (χ0n) is 9.98. The molecule has 0 bridgehead atoms. The molecular weight excluding hydrogens is 230 g/mol. The van der Waals surface area contributed by atoms with Crippen LogP contribution in [0.1, 0.15) is 12.0 Å². The standard InChI is InChI=1S/C13H15N3O2/c17-11-13(15-12(18)14-11)6-7-16(9-13)8-10-4-2-1-3-5-10/h1-5H,6-9H2,(H2,14,15,17,18)/t13-/m1/s1. The Kier molecular flexibility index (Phi) is 2.56. The Bertz CT molecular complexity index is 488. The summed E-state index contributed by atoms with van der Waals surface area (Å²) in [5.74, 6) is -0.192. The fraction of sp³-hybridized carbons (Fsp3) is 0.385. The zero-order chi connectivity index (χ0) is 12.6. The second-order valence-electron chi connectivity index (χ2n) is 4.94. The van der Waals surface area contributed by atoms with Crippen molar-refractivity contribution in [2.45, 2.75) is 18.5 Å². The lowest BCUT2D eigenvalue weighted by molar-refractivity contribution is -0.123. The van der Waals surface area contributed by atoms with E-state index in [9.17, 15) is 9.59 Å². The van der Waals surface area contributed by atoms with E-state index in [-0.39, 0.29) is 11.9 Å². The Morgan fingerprint density at radius 2 is 2.00 bits per heavy atom. The number of imide groups is 1. The van der Waals surface area contributed by atoms with Crippen LogP contribution in [-0.2, 0) is 11.3 Å². The molecule has 2 saturated heterocycles. The van der Waals surface area contributed by atoms with Crippen molar-refractivity contribution in [2.75, 3.05) is 13.1 Å². The van der Waals surface area contributed by atoms with Gasteiger partial charge in [-0.1, -0.05) is 30.3 Å².